The maximum absolute atomic E-state index is 12.4. The smallest absolute Gasteiger partial charge is 0.223 e. The van der Waals surface area contributed by atoms with E-state index in [0.717, 1.165) is 12.8 Å². The van der Waals surface area contributed by atoms with E-state index in [9.17, 15) is 4.79 Å². The van der Waals surface area contributed by atoms with Gasteiger partial charge in [0, 0.05) is 18.5 Å². The second-order valence-electron chi connectivity index (χ2n) is 6.57. The summed E-state index contributed by atoms with van der Waals surface area (Å²) in [4.78, 5) is 14.3. The number of aliphatic hydroxyl groups is 1. The van der Waals surface area contributed by atoms with E-state index in [0.29, 0.717) is 26.2 Å². The Morgan fingerprint density at radius 2 is 1.67 bits per heavy atom. The van der Waals surface area contributed by atoms with E-state index in [1.54, 1.807) is 0 Å². The maximum Gasteiger partial charge on any atom is 0.223 e. The lowest BCUT2D eigenvalue weighted by molar-refractivity contribution is -0.137. The third-order valence-electron chi connectivity index (χ3n) is 3.55. The molecule has 0 saturated heterocycles. The van der Waals surface area contributed by atoms with Crippen LogP contribution in [0.1, 0.15) is 72.6 Å². The zero-order chi connectivity index (χ0) is 16.1. The summed E-state index contributed by atoms with van der Waals surface area (Å²) in [5.74, 6) is 0.214. The summed E-state index contributed by atoms with van der Waals surface area (Å²) in [5, 5.41) is 8.70. The average molecular weight is 301 g/mol. The molecule has 1 N–H and O–H groups in total. The largest absolute Gasteiger partial charge is 0.394 e. The monoisotopic (exact) mass is 301 g/mol. The molecule has 0 aromatic rings. The number of hydrogen-bond acceptors (Lipinski definition) is 3. The van der Waals surface area contributed by atoms with Gasteiger partial charge in [-0.1, -0.05) is 39.0 Å². The van der Waals surface area contributed by atoms with Gasteiger partial charge in [-0.15, -0.1) is 0 Å². The highest BCUT2D eigenvalue weighted by Gasteiger charge is 2.25. The zero-order valence-corrected chi connectivity index (χ0v) is 14.5. The van der Waals surface area contributed by atoms with Crippen molar-refractivity contribution in [2.75, 3.05) is 26.4 Å². The Balaban J connectivity index is 4.03. The Hall–Kier alpha value is -0.610. The quantitative estimate of drug-likeness (QED) is 0.562. The first-order valence-electron chi connectivity index (χ1n) is 8.42. The first-order valence-corrected chi connectivity index (χ1v) is 8.42. The third-order valence-corrected chi connectivity index (χ3v) is 3.55. The number of carbonyl (C=O) groups excluding carboxylic acids is 1. The fourth-order valence-electron chi connectivity index (χ4n) is 2.35. The average Bonchev–Trinajstić information content (AvgIpc) is 2.41. The van der Waals surface area contributed by atoms with Gasteiger partial charge in [0.2, 0.25) is 5.91 Å². The molecule has 126 valence electrons. The highest BCUT2D eigenvalue weighted by atomic mass is 16.5. The summed E-state index contributed by atoms with van der Waals surface area (Å²) < 4.78 is 5.28. The molecule has 4 heteroatoms. The van der Waals surface area contributed by atoms with Crippen LogP contribution in [0, 0.1) is 0 Å². The lowest BCUT2D eigenvalue weighted by Crippen LogP contribution is -2.47. The van der Waals surface area contributed by atoms with Gasteiger partial charge in [0.25, 0.3) is 0 Å². The number of carbonyl (C=O) groups is 1. The van der Waals surface area contributed by atoms with Crippen LogP contribution in [0.4, 0.5) is 0 Å². The molecule has 4 nitrogen and oxygen atoms in total. The first-order chi connectivity index (χ1) is 9.93. The van der Waals surface area contributed by atoms with Crippen LogP contribution in [-0.4, -0.2) is 47.8 Å². The van der Waals surface area contributed by atoms with E-state index in [1.165, 1.54) is 25.7 Å². The highest BCUT2D eigenvalue weighted by molar-refractivity contribution is 5.76. The standard InChI is InChI=1S/C17H35NO3/c1-5-6-7-8-9-10-11-16(20)18(17(2,3)4)12-14-21-15-13-19/h19H,5-15H2,1-4H3. The van der Waals surface area contributed by atoms with Gasteiger partial charge in [0.1, 0.15) is 0 Å². The molecule has 0 fully saturated rings. The molecule has 21 heavy (non-hydrogen) atoms. The summed E-state index contributed by atoms with van der Waals surface area (Å²) in [6.45, 7) is 9.82. The fourth-order valence-corrected chi connectivity index (χ4v) is 2.35. The minimum atomic E-state index is -0.179. The van der Waals surface area contributed by atoms with Crippen LogP contribution >= 0.6 is 0 Å². The van der Waals surface area contributed by atoms with Crippen molar-refractivity contribution < 1.29 is 14.6 Å². The second kappa shape index (κ2) is 12.0. The SMILES string of the molecule is CCCCCCCCC(=O)N(CCOCCO)C(C)(C)C. The van der Waals surface area contributed by atoms with Crippen LogP contribution in [0.3, 0.4) is 0 Å². The normalized spacial score (nSPS) is 11.7. The third kappa shape index (κ3) is 10.7. The predicted octanol–water partition coefficient (Wildman–Crippen LogP) is 3.37. The van der Waals surface area contributed by atoms with Crippen LogP contribution in [0.2, 0.25) is 0 Å². The van der Waals surface area contributed by atoms with Crippen molar-refractivity contribution in [3.05, 3.63) is 0 Å². The van der Waals surface area contributed by atoms with Crippen LogP contribution in [-0.2, 0) is 9.53 Å². The van der Waals surface area contributed by atoms with E-state index in [4.69, 9.17) is 9.84 Å². The van der Waals surface area contributed by atoms with Gasteiger partial charge in [-0.3, -0.25) is 4.79 Å². The fraction of sp³-hybridized carbons (Fsp3) is 0.941. The van der Waals surface area contributed by atoms with Gasteiger partial charge in [0.05, 0.1) is 19.8 Å². The number of hydrogen-bond donors (Lipinski definition) is 1. The lowest BCUT2D eigenvalue weighted by atomic mass is 10.0. The molecule has 0 rings (SSSR count). The molecule has 0 aromatic heterocycles. The number of aliphatic hydroxyl groups excluding tert-OH is 1. The highest BCUT2D eigenvalue weighted by Crippen LogP contribution is 2.16. The molecule has 0 saturated carbocycles. The van der Waals surface area contributed by atoms with Gasteiger partial charge < -0.3 is 14.7 Å². The van der Waals surface area contributed by atoms with E-state index >= 15 is 0 Å². The maximum atomic E-state index is 12.4. The van der Waals surface area contributed by atoms with E-state index < -0.39 is 0 Å². The summed E-state index contributed by atoms with van der Waals surface area (Å²) in [7, 11) is 0. The van der Waals surface area contributed by atoms with Crippen molar-refractivity contribution in [3.8, 4) is 0 Å². The molecule has 0 aromatic carbocycles. The molecule has 0 atom stereocenters. The van der Waals surface area contributed by atoms with Crippen LogP contribution in [0.15, 0.2) is 0 Å². The van der Waals surface area contributed by atoms with Crippen molar-refractivity contribution in [3.63, 3.8) is 0 Å². The van der Waals surface area contributed by atoms with Crippen LogP contribution in [0.5, 0.6) is 0 Å². The van der Waals surface area contributed by atoms with E-state index in [1.807, 2.05) is 4.90 Å². The lowest BCUT2D eigenvalue weighted by Gasteiger charge is -2.36. The van der Waals surface area contributed by atoms with Gasteiger partial charge in [-0.2, -0.15) is 0 Å². The molecular formula is C17H35NO3. The van der Waals surface area contributed by atoms with Crippen LogP contribution < -0.4 is 0 Å². The first kappa shape index (κ1) is 20.4. The summed E-state index contributed by atoms with van der Waals surface area (Å²) in [6, 6.07) is 0. The van der Waals surface area contributed by atoms with Crippen molar-refractivity contribution in [2.24, 2.45) is 0 Å². The number of rotatable bonds is 12. The van der Waals surface area contributed by atoms with E-state index in [2.05, 4.69) is 27.7 Å². The molecular weight excluding hydrogens is 266 g/mol. The topological polar surface area (TPSA) is 49.8 Å². The Labute approximate surface area is 130 Å². The van der Waals surface area contributed by atoms with Crippen LogP contribution in [0.25, 0.3) is 0 Å². The molecule has 0 aliphatic heterocycles. The van der Waals surface area contributed by atoms with E-state index in [-0.39, 0.29) is 18.1 Å². The Morgan fingerprint density at radius 1 is 1.05 bits per heavy atom. The minimum absolute atomic E-state index is 0.0290. The minimum Gasteiger partial charge on any atom is -0.394 e. The molecule has 0 radical (unpaired) electrons. The molecule has 0 bridgehead atoms. The molecule has 0 aliphatic rings. The van der Waals surface area contributed by atoms with Crippen molar-refractivity contribution in [1.82, 2.24) is 4.90 Å². The second-order valence-corrected chi connectivity index (χ2v) is 6.57. The molecule has 0 heterocycles. The van der Waals surface area contributed by atoms with Gasteiger partial charge in [-0.25, -0.2) is 0 Å². The van der Waals surface area contributed by atoms with Gasteiger partial charge in [0.15, 0.2) is 0 Å². The Bertz CT molecular complexity index is 261. The zero-order valence-electron chi connectivity index (χ0n) is 14.5. The number of unbranched alkanes of at least 4 members (excludes halogenated alkanes) is 5. The van der Waals surface area contributed by atoms with Crippen molar-refractivity contribution in [2.45, 2.75) is 78.2 Å². The molecule has 0 unspecified atom stereocenters. The molecule has 1 amide bonds. The Kier molecular flexibility index (Phi) is 11.6. The number of amides is 1. The summed E-state index contributed by atoms with van der Waals surface area (Å²) >= 11 is 0. The summed E-state index contributed by atoms with van der Waals surface area (Å²) in [6.07, 6.45) is 7.81. The number of ether oxygens (including phenoxy) is 1. The van der Waals surface area contributed by atoms with Gasteiger partial charge >= 0.3 is 0 Å². The Morgan fingerprint density at radius 3 is 2.24 bits per heavy atom. The van der Waals surface area contributed by atoms with Gasteiger partial charge in [-0.05, 0) is 27.2 Å². The van der Waals surface area contributed by atoms with Crippen molar-refractivity contribution in [1.29, 1.82) is 0 Å². The van der Waals surface area contributed by atoms with Crippen molar-refractivity contribution >= 4 is 5.91 Å². The summed E-state index contributed by atoms with van der Waals surface area (Å²) in [5.41, 5.74) is -0.179. The predicted molar refractivity (Wildman–Crippen MR) is 87.4 cm³/mol. The molecule has 0 aliphatic carbocycles. The number of nitrogens with zero attached hydrogens (tertiary/aromatic N) is 1. The molecule has 0 spiro atoms.